The summed E-state index contributed by atoms with van der Waals surface area (Å²) in [5.74, 6) is 3.59. The maximum Gasteiger partial charge on any atom is 0.231 e. The lowest BCUT2D eigenvalue weighted by atomic mass is 10.1. The highest BCUT2D eigenvalue weighted by molar-refractivity contribution is 5.44. The molecule has 0 fully saturated rings. The molecule has 2 aromatic rings. The maximum atomic E-state index is 5.48. The van der Waals surface area contributed by atoms with E-state index >= 15 is 0 Å². The van der Waals surface area contributed by atoms with E-state index in [0.29, 0.717) is 20.0 Å². The highest BCUT2D eigenvalue weighted by Crippen LogP contribution is 2.34. The molecule has 0 unspecified atom stereocenters. The fraction of sp³-hybridized carbons (Fsp3) is 0.529. The second-order valence-electron chi connectivity index (χ2n) is 6.10. The molecule has 7 heteroatoms. The molecule has 0 spiro atoms. The zero-order valence-corrected chi connectivity index (χ0v) is 14.1. The van der Waals surface area contributed by atoms with E-state index in [1.54, 1.807) is 0 Å². The van der Waals surface area contributed by atoms with Crippen molar-refractivity contribution in [1.29, 1.82) is 0 Å². The predicted octanol–water partition coefficient (Wildman–Crippen LogP) is 2.12. The first-order chi connectivity index (χ1) is 11.8. The second kappa shape index (κ2) is 6.41. The van der Waals surface area contributed by atoms with Crippen LogP contribution >= 0.6 is 0 Å². The van der Waals surface area contributed by atoms with Gasteiger partial charge in [0.05, 0.1) is 6.04 Å². The van der Waals surface area contributed by atoms with Crippen LogP contribution in [0.4, 0.5) is 0 Å². The van der Waals surface area contributed by atoms with Crippen molar-refractivity contribution in [2.45, 2.75) is 39.6 Å². The summed E-state index contributed by atoms with van der Waals surface area (Å²) in [5, 5.41) is 8.69. The molecule has 1 aromatic carbocycles. The Bertz CT molecular complexity index is 731. The second-order valence-corrected chi connectivity index (χ2v) is 6.10. The van der Waals surface area contributed by atoms with Crippen LogP contribution in [0.2, 0.25) is 0 Å². The monoisotopic (exact) mass is 330 g/mol. The van der Waals surface area contributed by atoms with Crippen LogP contribution in [0.25, 0.3) is 0 Å². The van der Waals surface area contributed by atoms with Gasteiger partial charge in [-0.25, -0.2) is 0 Å². The van der Waals surface area contributed by atoms with E-state index in [2.05, 4.69) is 38.7 Å². The summed E-state index contributed by atoms with van der Waals surface area (Å²) >= 11 is 0. The molecule has 1 atom stereocenters. The number of hydrogen-bond acceptors (Lipinski definition) is 6. The lowest BCUT2D eigenvalue weighted by Gasteiger charge is -2.33. The van der Waals surface area contributed by atoms with Gasteiger partial charge < -0.3 is 18.8 Å². The van der Waals surface area contributed by atoms with Crippen LogP contribution in [0.1, 0.15) is 37.1 Å². The number of rotatable bonds is 5. The molecule has 0 bridgehead atoms. The molecule has 1 aromatic heterocycles. The topological polar surface area (TPSA) is 61.6 Å². The molecule has 0 amide bonds. The number of fused-ring (bicyclic) bond motifs is 2. The van der Waals surface area contributed by atoms with Crippen molar-refractivity contribution in [3.8, 4) is 11.5 Å². The van der Waals surface area contributed by atoms with Gasteiger partial charge in [0.1, 0.15) is 12.4 Å². The Labute approximate surface area is 141 Å². The van der Waals surface area contributed by atoms with Gasteiger partial charge >= 0.3 is 0 Å². The summed E-state index contributed by atoms with van der Waals surface area (Å²) in [5.41, 5.74) is 1.22. The summed E-state index contributed by atoms with van der Waals surface area (Å²) < 4.78 is 18.5. The first-order valence-corrected chi connectivity index (χ1v) is 8.38. The molecule has 24 heavy (non-hydrogen) atoms. The lowest BCUT2D eigenvalue weighted by Crippen LogP contribution is -2.37. The molecule has 0 saturated carbocycles. The minimum Gasteiger partial charge on any atom is -0.454 e. The van der Waals surface area contributed by atoms with Crippen LogP contribution in [-0.2, 0) is 24.4 Å². The SMILES string of the molecule is CCOCc1nnc2n1CCN(Cc1ccc3c(c1)OCO3)[C@@H]2C. The summed E-state index contributed by atoms with van der Waals surface area (Å²) in [7, 11) is 0. The number of benzene rings is 1. The molecule has 7 nitrogen and oxygen atoms in total. The highest BCUT2D eigenvalue weighted by atomic mass is 16.7. The van der Waals surface area contributed by atoms with Gasteiger partial charge in [0.15, 0.2) is 17.3 Å². The third-order valence-corrected chi connectivity index (χ3v) is 4.65. The third kappa shape index (κ3) is 2.74. The van der Waals surface area contributed by atoms with Crippen LogP contribution < -0.4 is 9.47 Å². The van der Waals surface area contributed by atoms with Crippen LogP contribution in [0, 0.1) is 0 Å². The fourth-order valence-electron chi connectivity index (χ4n) is 3.28. The van der Waals surface area contributed by atoms with E-state index in [1.165, 1.54) is 5.56 Å². The normalized spacial score (nSPS) is 19.5. The average Bonchev–Trinajstić information content (AvgIpc) is 3.22. The highest BCUT2D eigenvalue weighted by Gasteiger charge is 2.28. The van der Waals surface area contributed by atoms with Crippen molar-refractivity contribution in [2.75, 3.05) is 19.9 Å². The molecule has 0 saturated heterocycles. The van der Waals surface area contributed by atoms with Gasteiger partial charge in [-0.3, -0.25) is 4.90 Å². The van der Waals surface area contributed by atoms with E-state index in [9.17, 15) is 0 Å². The summed E-state index contributed by atoms with van der Waals surface area (Å²) in [6, 6.07) is 6.36. The zero-order valence-electron chi connectivity index (χ0n) is 14.1. The van der Waals surface area contributed by atoms with E-state index in [1.807, 2.05) is 13.0 Å². The predicted molar refractivity (Wildman–Crippen MR) is 86.7 cm³/mol. The maximum absolute atomic E-state index is 5.48. The average molecular weight is 330 g/mol. The molecule has 2 aliphatic rings. The molecular formula is C17H22N4O3. The Morgan fingerprint density at radius 1 is 1.21 bits per heavy atom. The third-order valence-electron chi connectivity index (χ3n) is 4.65. The smallest absolute Gasteiger partial charge is 0.231 e. The van der Waals surface area contributed by atoms with Gasteiger partial charge in [0, 0.05) is 26.2 Å². The van der Waals surface area contributed by atoms with Gasteiger partial charge in [0.25, 0.3) is 0 Å². The molecule has 128 valence electrons. The van der Waals surface area contributed by atoms with Crippen molar-refractivity contribution in [1.82, 2.24) is 19.7 Å². The van der Waals surface area contributed by atoms with Crippen molar-refractivity contribution in [3.05, 3.63) is 35.4 Å². The number of nitrogens with zero attached hydrogens (tertiary/aromatic N) is 4. The van der Waals surface area contributed by atoms with Crippen molar-refractivity contribution in [2.24, 2.45) is 0 Å². The van der Waals surface area contributed by atoms with E-state index in [4.69, 9.17) is 14.2 Å². The molecule has 3 heterocycles. The first-order valence-electron chi connectivity index (χ1n) is 8.38. The Kier molecular flexibility index (Phi) is 4.12. The quantitative estimate of drug-likeness (QED) is 0.837. The first kappa shape index (κ1) is 15.4. The molecule has 0 radical (unpaired) electrons. The number of ether oxygens (including phenoxy) is 3. The van der Waals surface area contributed by atoms with Crippen LogP contribution in [0.5, 0.6) is 11.5 Å². The van der Waals surface area contributed by atoms with Gasteiger partial charge in [-0.1, -0.05) is 6.07 Å². The van der Waals surface area contributed by atoms with E-state index in [-0.39, 0.29) is 6.04 Å². The molecule has 2 aliphatic heterocycles. The number of hydrogen-bond donors (Lipinski definition) is 0. The van der Waals surface area contributed by atoms with Crippen LogP contribution in [0.3, 0.4) is 0 Å². The molecule has 4 rings (SSSR count). The van der Waals surface area contributed by atoms with E-state index < -0.39 is 0 Å². The van der Waals surface area contributed by atoms with E-state index in [0.717, 1.165) is 42.8 Å². The van der Waals surface area contributed by atoms with Crippen LogP contribution in [0.15, 0.2) is 18.2 Å². The van der Waals surface area contributed by atoms with Gasteiger partial charge in [-0.05, 0) is 31.5 Å². The van der Waals surface area contributed by atoms with Gasteiger partial charge in [-0.15, -0.1) is 10.2 Å². The Balaban J connectivity index is 1.49. The van der Waals surface area contributed by atoms with Crippen molar-refractivity contribution in [3.63, 3.8) is 0 Å². The minimum atomic E-state index is 0.215. The standard InChI is InChI=1S/C17H22N4O3/c1-3-22-10-16-18-19-17-12(2)20(6-7-21(16)17)9-13-4-5-14-15(8-13)24-11-23-14/h4-5,8,12H,3,6-7,9-11H2,1-2H3/t12-/m1/s1. The summed E-state index contributed by atoms with van der Waals surface area (Å²) in [6.45, 7) is 8.39. The fourth-order valence-corrected chi connectivity index (χ4v) is 3.28. The Morgan fingerprint density at radius 3 is 2.96 bits per heavy atom. The zero-order chi connectivity index (χ0) is 16.5. The Morgan fingerprint density at radius 2 is 2.08 bits per heavy atom. The van der Waals surface area contributed by atoms with Crippen LogP contribution in [-0.4, -0.2) is 39.6 Å². The number of aromatic nitrogens is 3. The lowest BCUT2D eigenvalue weighted by molar-refractivity contribution is 0.117. The summed E-state index contributed by atoms with van der Waals surface area (Å²) in [4.78, 5) is 2.41. The van der Waals surface area contributed by atoms with Crippen molar-refractivity contribution < 1.29 is 14.2 Å². The van der Waals surface area contributed by atoms with Gasteiger partial charge in [0.2, 0.25) is 6.79 Å². The minimum absolute atomic E-state index is 0.215. The molecule has 0 N–H and O–H groups in total. The Hall–Kier alpha value is -2.12. The molecular weight excluding hydrogens is 308 g/mol. The van der Waals surface area contributed by atoms with Crippen molar-refractivity contribution >= 4 is 0 Å². The largest absolute Gasteiger partial charge is 0.454 e. The molecule has 0 aliphatic carbocycles. The van der Waals surface area contributed by atoms with Gasteiger partial charge in [-0.2, -0.15) is 0 Å². The summed E-state index contributed by atoms with van der Waals surface area (Å²) in [6.07, 6.45) is 0.